The molecule has 0 fully saturated rings. The molecule has 0 amide bonds. The molecule has 0 aromatic heterocycles. The summed E-state index contributed by atoms with van der Waals surface area (Å²) in [6.07, 6.45) is 0. The predicted molar refractivity (Wildman–Crippen MR) is 352 cm³/mol. The molecule has 0 aliphatic heterocycles. The van der Waals surface area contributed by atoms with Crippen molar-refractivity contribution in [3.05, 3.63) is 0 Å². The summed E-state index contributed by atoms with van der Waals surface area (Å²) >= 11 is 38.8. The molecule has 0 nitrogen and oxygen atoms in total. The summed E-state index contributed by atoms with van der Waals surface area (Å²) in [6.45, 7) is 0. The normalized spacial score (nSPS) is 18.1. The van der Waals surface area contributed by atoms with Crippen molar-refractivity contribution < 1.29 is 20.7 Å². The average Bonchev–Trinajstić information content (AvgIpc) is 2.66. The van der Waals surface area contributed by atoms with Crippen molar-refractivity contribution >= 4 is 337 Å². The van der Waals surface area contributed by atoms with E-state index in [1.54, 1.807) is 0 Å². The standard InChI is InChI=1S/FI26/c1-15-17(4)19(6)21(8)23(10)25(12)27(14)26(13)24(11)22(9)20(7)18(5)16(2)3/q-1. The first-order chi connectivity index (χ1) is 12.3. The minimum absolute atomic E-state index is 0.452. The molecule has 0 rings (SSSR count). The van der Waals surface area contributed by atoms with Crippen molar-refractivity contribution in [1.82, 2.24) is 0 Å². The molecule has 27 heteroatoms. The third-order valence-corrected chi connectivity index (χ3v) is 1830. The van der Waals surface area contributed by atoms with Crippen LogP contribution in [0, 0.1) is 0 Å². The Kier molecular flexibility index (Phi) is 47.1. The molecule has 0 aliphatic carbocycles. The van der Waals surface area contributed by atoms with E-state index < -0.39 is 113 Å². The van der Waals surface area contributed by atoms with Gasteiger partial charge in [0.05, 0.1) is 0 Å². The van der Waals surface area contributed by atoms with Crippen LogP contribution in [0.5, 0.6) is 0 Å². The van der Waals surface area contributed by atoms with E-state index in [0.29, 0.717) is 0 Å². The van der Waals surface area contributed by atoms with Gasteiger partial charge in [-0.05, 0) is 0 Å². The van der Waals surface area contributed by atoms with Crippen molar-refractivity contribution in [1.29, 1.82) is 0 Å². The SMILES string of the molecule is F[I-]I(I)I(I)I(I)I(I)I(I)I(I)I(I)I(I)I(I)I(I)I(I)I(I)I. The third kappa shape index (κ3) is 19.6. The first-order valence-electron chi connectivity index (χ1n) is 3.71. The van der Waals surface area contributed by atoms with Gasteiger partial charge in [-0.15, -0.1) is 0 Å². The Morgan fingerprint density at radius 3 is 0.815 bits per heavy atom. The molecule has 0 aromatic carbocycles. The van der Waals surface area contributed by atoms with Gasteiger partial charge in [0.25, 0.3) is 0 Å². The Morgan fingerprint density at radius 1 is 0.370 bits per heavy atom. The van der Waals surface area contributed by atoms with Gasteiger partial charge in [0.1, 0.15) is 0 Å². The van der Waals surface area contributed by atoms with Crippen LogP contribution in [0.3, 0.4) is 0 Å². The second-order valence-electron chi connectivity index (χ2n) is 2.00. The van der Waals surface area contributed by atoms with Crippen molar-refractivity contribution in [2.24, 2.45) is 0 Å². The molecule has 0 atom stereocenters. The summed E-state index contributed by atoms with van der Waals surface area (Å²) in [7, 11) is -7.10. The topological polar surface area (TPSA) is 0 Å². The Bertz CT molecular complexity index is 390. The van der Waals surface area contributed by atoms with Crippen molar-refractivity contribution in [2.75, 3.05) is 0 Å². The molecule has 0 heterocycles. The van der Waals surface area contributed by atoms with E-state index >= 15 is 0 Å². The number of rotatable bonds is 12. The fraction of sp³-hybridized carbons (Fsp3) is 0. The zero-order valence-corrected chi connectivity index (χ0v) is 66.3. The quantitative estimate of drug-likeness (QED) is 0.171. The van der Waals surface area contributed by atoms with Crippen LogP contribution >= 0.6 is 337 Å². The molecule has 0 radical (unpaired) electrons. The predicted octanol–water partition coefficient (Wildman–Crippen LogP) is 19.6. The van der Waals surface area contributed by atoms with E-state index in [-0.39, 0.29) is 0 Å². The fourth-order valence-corrected chi connectivity index (χ4v) is 4220. The van der Waals surface area contributed by atoms with Crippen LogP contribution in [0.2, 0.25) is 0 Å². The molecular weight excluding hydrogens is 3320 g/mol. The molecule has 0 N–H and O–H groups in total. The number of hydrogen-bond acceptors (Lipinski definition) is 0. The van der Waals surface area contributed by atoms with E-state index in [4.69, 9.17) is 0 Å². The molecule has 0 saturated heterocycles. The van der Waals surface area contributed by atoms with Gasteiger partial charge in [0.2, 0.25) is 0 Å². The fourth-order valence-electron chi connectivity index (χ4n) is 0.324. The molecule has 190 valence electrons. The van der Waals surface area contributed by atoms with Crippen molar-refractivity contribution in [3.8, 4) is 0 Å². The van der Waals surface area contributed by atoms with E-state index in [1.165, 1.54) is 0 Å². The Morgan fingerprint density at radius 2 is 0.593 bits per heavy atom. The van der Waals surface area contributed by atoms with E-state index in [0.717, 1.165) is 0 Å². The van der Waals surface area contributed by atoms with Crippen LogP contribution in [0.4, 0.5) is 2.86 Å². The first kappa shape index (κ1) is 45.9. The molecule has 0 aliphatic rings. The van der Waals surface area contributed by atoms with Crippen molar-refractivity contribution in [3.63, 3.8) is 0 Å². The van der Waals surface area contributed by atoms with Gasteiger partial charge in [0, 0.05) is 0 Å². The van der Waals surface area contributed by atoms with Gasteiger partial charge in [-0.3, -0.25) is 0 Å². The maximum absolute atomic E-state index is 13.4. The van der Waals surface area contributed by atoms with Crippen LogP contribution in [-0.2, 0) is 0 Å². The Balaban J connectivity index is 5.06. The van der Waals surface area contributed by atoms with Gasteiger partial charge in [-0.25, -0.2) is 0 Å². The zero-order chi connectivity index (χ0) is 21.6. The summed E-state index contributed by atoms with van der Waals surface area (Å²) in [5, 5.41) is 0. The summed E-state index contributed by atoms with van der Waals surface area (Å²) in [4.78, 5) is 0. The summed E-state index contributed by atoms with van der Waals surface area (Å²) < 4.78 is 13.4. The van der Waals surface area contributed by atoms with E-state index in [2.05, 4.69) is 242 Å². The second-order valence-corrected chi connectivity index (χ2v) is 589. The zero-order valence-electron chi connectivity index (χ0n) is 10.2. The molecule has 0 saturated carbocycles. The van der Waals surface area contributed by atoms with Crippen LogP contribution in [-0.4, -0.2) is 0 Å². The summed E-state index contributed by atoms with van der Waals surface area (Å²) in [6, 6.07) is 0. The van der Waals surface area contributed by atoms with Crippen LogP contribution in [0.15, 0.2) is 0 Å². The van der Waals surface area contributed by atoms with Crippen LogP contribution in [0.25, 0.3) is 0 Å². The third-order valence-electron chi connectivity index (χ3n) is 0.939. The molecule has 0 spiro atoms. The van der Waals surface area contributed by atoms with Crippen LogP contribution < -0.4 is 17.8 Å². The maximum atomic E-state index is 13.4. The monoisotopic (exact) mass is 3320 g/mol. The van der Waals surface area contributed by atoms with Gasteiger partial charge >= 0.3 is 357 Å². The summed E-state index contributed by atoms with van der Waals surface area (Å²) in [5.41, 5.74) is 0. The molecule has 0 bridgehead atoms. The molecule has 0 unspecified atom stereocenters. The molecule has 27 heavy (non-hydrogen) atoms. The van der Waals surface area contributed by atoms with Crippen molar-refractivity contribution in [2.45, 2.75) is 0 Å². The number of halogens is 27. The Labute approximate surface area is 337 Å². The average molecular weight is 3320 g/mol. The van der Waals surface area contributed by atoms with E-state index in [1.807, 2.05) is 0 Å². The number of hydrogen-bond donors (Lipinski definition) is 0. The van der Waals surface area contributed by atoms with Gasteiger partial charge in [-0.1, -0.05) is 0 Å². The second kappa shape index (κ2) is 27.7. The summed E-state index contributed by atoms with van der Waals surface area (Å²) in [5.74, 6) is 0. The Hall–Kier alpha value is 18.9. The van der Waals surface area contributed by atoms with Gasteiger partial charge < -0.3 is 0 Å². The van der Waals surface area contributed by atoms with Crippen LogP contribution in [0.1, 0.15) is 0 Å². The van der Waals surface area contributed by atoms with Gasteiger partial charge in [0.15, 0.2) is 0 Å². The molecular formula is FI26-. The minimum atomic E-state index is -1.01. The molecule has 0 aromatic rings. The van der Waals surface area contributed by atoms with E-state index in [9.17, 15) is 2.86 Å². The first-order valence-corrected chi connectivity index (χ1v) is 162. The van der Waals surface area contributed by atoms with Gasteiger partial charge in [-0.2, -0.15) is 0 Å².